The molecule has 27 heavy (non-hydrogen) atoms. The van der Waals surface area contributed by atoms with Gasteiger partial charge < -0.3 is 5.32 Å². The molecule has 1 N–H and O–H groups in total. The van der Waals surface area contributed by atoms with Crippen LogP contribution in [0.1, 0.15) is 21.6 Å². The van der Waals surface area contributed by atoms with E-state index >= 15 is 0 Å². The van der Waals surface area contributed by atoms with Crippen LogP contribution in [0.4, 0.5) is 4.39 Å². The van der Waals surface area contributed by atoms with Gasteiger partial charge in [-0.3, -0.25) is 4.79 Å². The maximum atomic E-state index is 12.9. The van der Waals surface area contributed by atoms with Crippen molar-refractivity contribution in [2.75, 3.05) is 6.54 Å². The molecule has 4 rings (SSSR count). The summed E-state index contributed by atoms with van der Waals surface area (Å²) >= 11 is 1.53. The van der Waals surface area contributed by atoms with E-state index in [-0.39, 0.29) is 11.7 Å². The lowest BCUT2D eigenvalue weighted by molar-refractivity contribution is 0.0954. The smallest absolute Gasteiger partial charge is 0.251 e. The highest BCUT2D eigenvalue weighted by Crippen LogP contribution is 2.23. The highest BCUT2D eigenvalue weighted by atomic mass is 32.1. The van der Waals surface area contributed by atoms with Gasteiger partial charge in [-0.25, -0.2) is 8.91 Å². The number of nitrogens with zero attached hydrogens (tertiary/aromatic N) is 3. The number of carbonyl (C=O) groups excluding carboxylic acids is 1. The molecule has 0 aliphatic rings. The standard InChI is InChI=1S/C20H17FN4OS/c1-13-4-2-3-5-17(13)18-23-20-25(24-18)16(12-27-20)10-11-22-19(26)14-6-8-15(21)9-7-14/h2-9,12H,10-11H2,1H3,(H,22,26). The number of hydrogen-bond acceptors (Lipinski definition) is 4. The second-order valence-electron chi connectivity index (χ2n) is 6.18. The minimum absolute atomic E-state index is 0.222. The minimum Gasteiger partial charge on any atom is -0.352 e. The molecular weight excluding hydrogens is 363 g/mol. The van der Waals surface area contributed by atoms with Crippen LogP contribution in [-0.2, 0) is 6.42 Å². The van der Waals surface area contributed by atoms with Crippen LogP contribution >= 0.6 is 11.3 Å². The first-order chi connectivity index (χ1) is 13.1. The zero-order valence-electron chi connectivity index (χ0n) is 14.6. The van der Waals surface area contributed by atoms with Crippen molar-refractivity contribution >= 4 is 22.2 Å². The number of fused-ring (bicyclic) bond motifs is 1. The maximum Gasteiger partial charge on any atom is 0.251 e. The van der Waals surface area contributed by atoms with E-state index in [9.17, 15) is 9.18 Å². The molecule has 136 valence electrons. The Balaban J connectivity index is 1.46. The van der Waals surface area contributed by atoms with Crippen LogP contribution < -0.4 is 5.32 Å². The normalized spacial score (nSPS) is 11.0. The van der Waals surface area contributed by atoms with Crippen molar-refractivity contribution < 1.29 is 9.18 Å². The monoisotopic (exact) mass is 380 g/mol. The molecule has 0 unspecified atom stereocenters. The van der Waals surface area contributed by atoms with E-state index < -0.39 is 0 Å². The summed E-state index contributed by atoms with van der Waals surface area (Å²) in [6.45, 7) is 2.50. The number of amides is 1. The van der Waals surface area contributed by atoms with Gasteiger partial charge in [0.1, 0.15) is 5.82 Å². The molecule has 1 amide bonds. The molecular formula is C20H17FN4OS. The first kappa shape index (κ1) is 17.4. The summed E-state index contributed by atoms with van der Waals surface area (Å²) in [5.41, 5.74) is 3.57. The Hall–Kier alpha value is -3.06. The third-order valence-corrected chi connectivity index (χ3v) is 5.17. The van der Waals surface area contributed by atoms with Gasteiger partial charge in [-0.15, -0.1) is 16.4 Å². The zero-order valence-corrected chi connectivity index (χ0v) is 15.5. The van der Waals surface area contributed by atoms with Crippen molar-refractivity contribution in [1.82, 2.24) is 19.9 Å². The maximum absolute atomic E-state index is 12.9. The number of halogens is 1. The fourth-order valence-electron chi connectivity index (χ4n) is 2.84. The van der Waals surface area contributed by atoms with Crippen molar-refractivity contribution in [3.8, 4) is 11.4 Å². The van der Waals surface area contributed by atoms with Gasteiger partial charge in [0.05, 0.1) is 5.69 Å². The van der Waals surface area contributed by atoms with Crippen molar-refractivity contribution in [3.63, 3.8) is 0 Å². The second kappa shape index (κ2) is 7.28. The Morgan fingerprint density at radius 2 is 1.96 bits per heavy atom. The van der Waals surface area contributed by atoms with E-state index in [0.29, 0.717) is 24.4 Å². The lowest BCUT2D eigenvalue weighted by Crippen LogP contribution is -2.26. The van der Waals surface area contributed by atoms with Crippen LogP contribution in [0.2, 0.25) is 0 Å². The summed E-state index contributed by atoms with van der Waals surface area (Å²) in [5.74, 6) is 0.125. The molecule has 0 aliphatic carbocycles. The lowest BCUT2D eigenvalue weighted by atomic mass is 10.1. The van der Waals surface area contributed by atoms with Crippen LogP contribution in [0, 0.1) is 12.7 Å². The van der Waals surface area contributed by atoms with Gasteiger partial charge in [0.25, 0.3) is 5.91 Å². The molecule has 0 aliphatic heterocycles. The van der Waals surface area contributed by atoms with Gasteiger partial charge in [0.15, 0.2) is 5.82 Å². The van der Waals surface area contributed by atoms with E-state index in [1.165, 1.54) is 35.6 Å². The molecule has 0 atom stereocenters. The third-order valence-electron chi connectivity index (χ3n) is 4.31. The van der Waals surface area contributed by atoms with E-state index in [2.05, 4.69) is 15.4 Å². The molecule has 0 bridgehead atoms. The average Bonchev–Trinajstić information content (AvgIpc) is 3.24. The van der Waals surface area contributed by atoms with Gasteiger partial charge in [-0.05, 0) is 36.8 Å². The number of thiazole rings is 1. The Morgan fingerprint density at radius 1 is 1.19 bits per heavy atom. The van der Waals surface area contributed by atoms with Crippen LogP contribution in [0.15, 0.2) is 53.9 Å². The highest BCUT2D eigenvalue weighted by molar-refractivity contribution is 7.15. The van der Waals surface area contributed by atoms with Crippen molar-refractivity contribution in [3.05, 3.63) is 76.5 Å². The molecule has 2 aromatic carbocycles. The Bertz CT molecular complexity index is 1100. The summed E-state index contributed by atoms with van der Waals surface area (Å²) in [7, 11) is 0. The van der Waals surface area contributed by atoms with Gasteiger partial charge in [0.2, 0.25) is 4.96 Å². The first-order valence-electron chi connectivity index (χ1n) is 8.55. The van der Waals surface area contributed by atoms with Crippen molar-refractivity contribution in [2.45, 2.75) is 13.3 Å². The van der Waals surface area contributed by atoms with Gasteiger partial charge in [0, 0.05) is 29.5 Å². The molecule has 0 radical (unpaired) electrons. The molecule has 7 heteroatoms. The Labute approximate surface area is 159 Å². The molecule has 0 saturated carbocycles. The van der Waals surface area contributed by atoms with Gasteiger partial charge in [-0.2, -0.15) is 4.98 Å². The molecule has 5 nitrogen and oxygen atoms in total. The third kappa shape index (κ3) is 3.59. The fraction of sp³-hybridized carbons (Fsp3) is 0.150. The SMILES string of the molecule is Cc1ccccc1-c1nc2scc(CCNC(=O)c3ccc(F)cc3)n2n1. The molecule has 0 spiro atoms. The Kier molecular flexibility index (Phi) is 4.68. The van der Waals surface area contributed by atoms with Gasteiger partial charge in [-0.1, -0.05) is 24.3 Å². The van der Waals surface area contributed by atoms with E-state index in [1.807, 2.05) is 41.1 Å². The second-order valence-corrected chi connectivity index (χ2v) is 7.02. The molecule has 0 saturated heterocycles. The van der Waals surface area contributed by atoms with E-state index in [1.54, 1.807) is 0 Å². The predicted molar refractivity (Wildman–Crippen MR) is 103 cm³/mol. The number of rotatable bonds is 5. The van der Waals surface area contributed by atoms with E-state index in [4.69, 9.17) is 0 Å². The predicted octanol–water partition coefficient (Wildman–Crippen LogP) is 3.88. The summed E-state index contributed by atoms with van der Waals surface area (Å²) in [5, 5.41) is 9.48. The van der Waals surface area contributed by atoms with Crippen LogP contribution in [0.25, 0.3) is 16.3 Å². The summed E-state index contributed by atoms with van der Waals surface area (Å²) in [6.07, 6.45) is 0.628. The van der Waals surface area contributed by atoms with Crippen molar-refractivity contribution in [1.29, 1.82) is 0 Å². The number of nitrogens with one attached hydrogen (secondary N) is 1. The number of aryl methyl sites for hydroxylation is 1. The number of aromatic nitrogens is 3. The van der Waals surface area contributed by atoms with Gasteiger partial charge >= 0.3 is 0 Å². The van der Waals surface area contributed by atoms with Crippen LogP contribution in [-0.4, -0.2) is 27.0 Å². The number of benzene rings is 2. The highest BCUT2D eigenvalue weighted by Gasteiger charge is 2.13. The van der Waals surface area contributed by atoms with Crippen LogP contribution in [0.3, 0.4) is 0 Å². The fourth-order valence-corrected chi connectivity index (χ4v) is 3.70. The Morgan fingerprint density at radius 3 is 2.74 bits per heavy atom. The van der Waals surface area contributed by atoms with Crippen LogP contribution in [0.5, 0.6) is 0 Å². The lowest BCUT2D eigenvalue weighted by Gasteiger charge is -2.04. The largest absolute Gasteiger partial charge is 0.352 e. The topological polar surface area (TPSA) is 59.3 Å². The summed E-state index contributed by atoms with van der Waals surface area (Å²) in [6, 6.07) is 13.5. The molecule has 2 aromatic heterocycles. The van der Waals surface area contributed by atoms with Crippen molar-refractivity contribution in [2.24, 2.45) is 0 Å². The number of hydrogen-bond donors (Lipinski definition) is 1. The zero-order chi connectivity index (χ0) is 18.8. The molecule has 4 aromatic rings. The summed E-state index contributed by atoms with van der Waals surface area (Å²) < 4.78 is 14.8. The molecule has 2 heterocycles. The van der Waals surface area contributed by atoms with E-state index in [0.717, 1.165) is 21.8 Å². The average molecular weight is 380 g/mol. The number of carbonyl (C=O) groups is 1. The quantitative estimate of drug-likeness (QED) is 0.572. The molecule has 0 fully saturated rings. The summed E-state index contributed by atoms with van der Waals surface area (Å²) in [4.78, 5) is 17.5. The first-order valence-corrected chi connectivity index (χ1v) is 9.43. The minimum atomic E-state index is -0.358.